The molecule has 0 aliphatic heterocycles. The van der Waals surface area contributed by atoms with Gasteiger partial charge in [0.1, 0.15) is 17.8 Å². The van der Waals surface area contributed by atoms with E-state index in [9.17, 15) is 0 Å². The molecular formula is C14H19ClN6. The largest absolute Gasteiger partial charge is 0.393 e. The van der Waals surface area contributed by atoms with Gasteiger partial charge in [0.05, 0.1) is 5.02 Å². The van der Waals surface area contributed by atoms with Gasteiger partial charge in [0.25, 0.3) is 0 Å². The first-order chi connectivity index (χ1) is 10.1. The summed E-state index contributed by atoms with van der Waals surface area (Å²) in [6.07, 6.45) is 4.07. The van der Waals surface area contributed by atoms with Crippen LogP contribution in [0.1, 0.15) is 20.3 Å². The molecule has 0 bridgehead atoms. The monoisotopic (exact) mass is 306 g/mol. The predicted molar refractivity (Wildman–Crippen MR) is 86.9 cm³/mol. The van der Waals surface area contributed by atoms with Crippen molar-refractivity contribution in [3.8, 4) is 0 Å². The number of nitrogens with two attached hydrogens (primary N) is 1. The molecule has 7 heteroatoms. The van der Waals surface area contributed by atoms with Gasteiger partial charge in [0.2, 0.25) is 0 Å². The quantitative estimate of drug-likeness (QED) is 0.758. The topological polar surface area (TPSA) is 88.8 Å². The number of anilines is 4. The SMILES string of the molecule is CC(C)CCNc1ncnc(Nc2ccc(Cl)cn2)c1N. The Kier molecular flexibility index (Phi) is 5.16. The van der Waals surface area contributed by atoms with Crippen molar-refractivity contribution in [1.82, 2.24) is 15.0 Å². The maximum Gasteiger partial charge on any atom is 0.160 e. The van der Waals surface area contributed by atoms with Crippen molar-refractivity contribution < 1.29 is 0 Å². The molecule has 0 saturated heterocycles. The van der Waals surface area contributed by atoms with Crippen molar-refractivity contribution in [2.45, 2.75) is 20.3 Å². The third kappa shape index (κ3) is 4.46. The molecule has 21 heavy (non-hydrogen) atoms. The summed E-state index contributed by atoms with van der Waals surface area (Å²) in [5.41, 5.74) is 6.54. The van der Waals surface area contributed by atoms with Crippen LogP contribution < -0.4 is 16.4 Å². The summed E-state index contributed by atoms with van der Waals surface area (Å²) in [5.74, 6) is 2.39. The average Bonchev–Trinajstić information content (AvgIpc) is 2.45. The van der Waals surface area contributed by atoms with Crippen LogP contribution in [0.15, 0.2) is 24.7 Å². The molecule has 2 heterocycles. The molecular weight excluding hydrogens is 288 g/mol. The molecule has 6 nitrogen and oxygen atoms in total. The van der Waals surface area contributed by atoms with Crippen LogP contribution in [0.25, 0.3) is 0 Å². The molecule has 0 radical (unpaired) electrons. The van der Waals surface area contributed by atoms with Gasteiger partial charge in [0.15, 0.2) is 11.6 Å². The fourth-order valence-corrected chi connectivity index (χ4v) is 1.80. The minimum atomic E-state index is 0.470. The highest BCUT2D eigenvalue weighted by atomic mass is 35.5. The van der Waals surface area contributed by atoms with Crippen molar-refractivity contribution in [3.63, 3.8) is 0 Å². The van der Waals surface area contributed by atoms with Crippen molar-refractivity contribution >= 4 is 34.7 Å². The van der Waals surface area contributed by atoms with E-state index in [4.69, 9.17) is 17.3 Å². The Labute approximate surface area is 129 Å². The van der Waals surface area contributed by atoms with Crippen LogP contribution in [-0.4, -0.2) is 21.5 Å². The Hall–Kier alpha value is -2.08. The molecule has 0 aliphatic rings. The lowest BCUT2D eigenvalue weighted by molar-refractivity contribution is 0.606. The molecule has 0 spiro atoms. The van der Waals surface area contributed by atoms with E-state index in [1.54, 1.807) is 18.3 Å². The van der Waals surface area contributed by atoms with E-state index in [0.717, 1.165) is 13.0 Å². The van der Waals surface area contributed by atoms with Gasteiger partial charge in [-0.05, 0) is 24.5 Å². The predicted octanol–water partition coefficient (Wildman–Crippen LogP) is 3.31. The Morgan fingerprint density at radius 1 is 1.19 bits per heavy atom. The first-order valence-electron chi connectivity index (χ1n) is 6.79. The van der Waals surface area contributed by atoms with Crippen LogP contribution in [0, 0.1) is 5.92 Å². The molecule has 0 unspecified atom stereocenters. The van der Waals surface area contributed by atoms with Crippen molar-refractivity contribution in [2.75, 3.05) is 22.9 Å². The van der Waals surface area contributed by atoms with E-state index in [1.165, 1.54) is 6.33 Å². The van der Waals surface area contributed by atoms with Crippen LogP contribution in [-0.2, 0) is 0 Å². The Morgan fingerprint density at radius 3 is 2.62 bits per heavy atom. The molecule has 0 aliphatic carbocycles. The van der Waals surface area contributed by atoms with Crippen molar-refractivity contribution in [2.24, 2.45) is 5.92 Å². The number of rotatable bonds is 6. The number of nitrogens with zero attached hydrogens (tertiary/aromatic N) is 3. The van der Waals surface area contributed by atoms with Gasteiger partial charge in [-0.1, -0.05) is 25.4 Å². The molecule has 0 fully saturated rings. The fraction of sp³-hybridized carbons (Fsp3) is 0.357. The molecule has 0 atom stereocenters. The minimum Gasteiger partial charge on any atom is -0.393 e. The van der Waals surface area contributed by atoms with Gasteiger partial charge in [-0.3, -0.25) is 0 Å². The van der Waals surface area contributed by atoms with E-state index in [2.05, 4.69) is 39.4 Å². The molecule has 112 valence electrons. The van der Waals surface area contributed by atoms with Gasteiger partial charge in [-0.25, -0.2) is 15.0 Å². The summed E-state index contributed by atoms with van der Waals surface area (Å²) >= 11 is 5.80. The second kappa shape index (κ2) is 7.08. The lowest BCUT2D eigenvalue weighted by Crippen LogP contribution is -2.10. The molecule has 0 saturated carbocycles. The normalized spacial score (nSPS) is 10.7. The number of halogens is 1. The molecule has 0 amide bonds. The van der Waals surface area contributed by atoms with Crippen LogP contribution in [0.4, 0.5) is 23.1 Å². The molecule has 4 N–H and O–H groups in total. The zero-order chi connectivity index (χ0) is 15.2. The summed E-state index contributed by atoms with van der Waals surface area (Å²) < 4.78 is 0. The van der Waals surface area contributed by atoms with Gasteiger partial charge >= 0.3 is 0 Å². The second-order valence-corrected chi connectivity index (χ2v) is 5.52. The molecule has 2 aromatic rings. The second-order valence-electron chi connectivity index (χ2n) is 5.08. The minimum absolute atomic E-state index is 0.470. The van der Waals surface area contributed by atoms with Crippen molar-refractivity contribution in [3.05, 3.63) is 29.7 Å². The molecule has 2 rings (SSSR count). The standard InChI is InChI=1S/C14H19ClN6/c1-9(2)5-6-17-13-12(16)14(20-8-19-13)21-11-4-3-10(15)7-18-11/h3-4,7-9H,5-6,16H2,1-2H3,(H2,17,18,19,20,21). The van der Waals surface area contributed by atoms with Crippen LogP contribution in [0.2, 0.25) is 5.02 Å². The first kappa shape index (κ1) is 15.3. The summed E-state index contributed by atoms with van der Waals surface area (Å²) in [6.45, 7) is 5.16. The zero-order valence-electron chi connectivity index (χ0n) is 12.1. The van der Waals surface area contributed by atoms with E-state index >= 15 is 0 Å². The van der Waals surface area contributed by atoms with E-state index in [1.807, 2.05) is 0 Å². The summed E-state index contributed by atoms with van der Waals surface area (Å²) in [5, 5.41) is 6.85. The third-order valence-corrected chi connectivity index (χ3v) is 3.10. The Morgan fingerprint density at radius 2 is 1.95 bits per heavy atom. The van der Waals surface area contributed by atoms with Crippen LogP contribution >= 0.6 is 11.6 Å². The Bertz CT molecular complexity index is 585. The number of hydrogen-bond acceptors (Lipinski definition) is 6. The number of nitrogens with one attached hydrogen (secondary N) is 2. The highest BCUT2D eigenvalue weighted by molar-refractivity contribution is 6.30. The smallest absolute Gasteiger partial charge is 0.160 e. The maximum atomic E-state index is 6.07. The molecule has 2 aromatic heterocycles. The van der Waals surface area contributed by atoms with E-state index < -0.39 is 0 Å². The van der Waals surface area contributed by atoms with Crippen LogP contribution in [0.5, 0.6) is 0 Å². The Balaban J connectivity index is 2.08. The number of nitrogen functional groups attached to an aromatic ring is 1. The average molecular weight is 307 g/mol. The molecule has 0 aromatic carbocycles. The first-order valence-corrected chi connectivity index (χ1v) is 7.17. The van der Waals surface area contributed by atoms with E-state index in [-0.39, 0.29) is 0 Å². The lowest BCUT2D eigenvalue weighted by Gasteiger charge is -2.12. The fourth-order valence-electron chi connectivity index (χ4n) is 1.69. The lowest BCUT2D eigenvalue weighted by atomic mass is 10.1. The van der Waals surface area contributed by atoms with Crippen LogP contribution in [0.3, 0.4) is 0 Å². The zero-order valence-corrected chi connectivity index (χ0v) is 12.9. The number of hydrogen-bond donors (Lipinski definition) is 3. The maximum absolute atomic E-state index is 6.07. The van der Waals surface area contributed by atoms with Gasteiger partial charge in [0, 0.05) is 12.7 Å². The highest BCUT2D eigenvalue weighted by Gasteiger charge is 2.08. The summed E-state index contributed by atoms with van der Waals surface area (Å²) in [4.78, 5) is 12.5. The number of pyridine rings is 1. The third-order valence-electron chi connectivity index (χ3n) is 2.87. The van der Waals surface area contributed by atoms with Crippen molar-refractivity contribution in [1.29, 1.82) is 0 Å². The summed E-state index contributed by atoms with van der Waals surface area (Å²) in [7, 11) is 0. The highest BCUT2D eigenvalue weighted by Crippen LogP contribution is 2.25. The summed E-state index contributed by atoms with van der Waals surface area (Å²) in [6, 6.07) is 3.51. The van der Waals surface area contributed by atoms with Gasteiger partial charge in [-0.15, -0.1) is 0 Å². The van der Waals surface area contributed by atoms with E-state index in [0.29, 0.717) is 34.1 Å². The number of aromatic nitrogens is 3. The van der Waals surface area contributed by atoms with Gasteiger partial charge in [-0.2, -0.15) is 0 Å². The van der Waals surface area contributed by atoms with Gasteiger partial charge < -0.3 is 16.4 Å².